The number of benzene rings is 1. The maximum absolute atomic E-state index is 12.7. The van der Waals surface area contributed by atoms with Crippen LogP contribution in [0.2, 0.25) is 0 Å². The van der Waals surface area contributed by atoms with Crippen LogP contribution in [0.3, 0.4) is 0 Å². The van der Waals surface area contributed by atoms with E-state index in [0.29, 0.717) is 45.1 Å². The molecule has 1 amide bonds. The Bertz CT molecular complexity index is 953. The minimum absolute atomic E-state index is 0.143. The number of aryl methyl sites for hydroxylation is 1. The van der Waals surface area contributed by atoms with E-state index in [2.05, 4.69) is 32.5 Å². The van der Waals surface area contributed by atoms with Gasteiger partial charge in [-0.2, -0.15) is 4.80 Å². The molecule has 1 aromatic carbocycles. The number of hydrogen-bond donors (Lipinski definition) is 1. The third-order valence-electron chi connectivity index (χ3n) is 5.18. The number of aromatic amines is 1. The molecule has 0 aliphatic carbocycles. The van der Waals surface area contributed by atoms with Crippen LogP contribution in [0.25, 0.3) is 10.9 Å². The Balaban J connectivity index is 1.29. The highest BCUT2D eigenvalue weighted by Gasteiger charge is 2.28. The van der Waals surface area contributed by atoms with Crippen LogP contribution in [0.4, 0.5) is 0 Å². The van der Waals surface area contributed by atoms with Gasteiger partial charge in [0.05, 0.1) is 26.3 Å². The van der Waals surface area contributed by atoms with Crippen LogP contribution >= 0.6 is 0 Å². The second-order valence-corrected chi connectivity index (χ2v) is 7.15. The highest BCUT2D eigenvalue weighted by Crippen LogP contribution is 2.21. The van der Waals surface area contributed by atoms with E-state index in [4.69, 9.17) is 9.47 Å². The molecule has 1 N–H and O–H groups in total. The van der Waals surface area contributed by atoms with Gasteiger partial charge in [-0.3, -0.25) is 4.79 Å². The molecule has 3 heterocycles. The summed E-state index contributed by atoms with van der Waals surface area (Å²) in [5.41, 5.74) is 2.39. The maximum atomic E-state index is 12.7. The Morgan fingerprint density at radius 2 is 2.28 bits per heavy atom. The van der Waals surface area contributed by atoms with E-state index >= 15 is 0 Å². The van der Waals surface area contributed by atoms with Crippen molar-refractivity contribution < 1.29 is 14.3 Å². The quantitative estimate of drug-likeness (QED) is 0.620. The molecule has 1 fully saturated rings. The van der Waals surface area contributed by atoms with Crippen LogP contribution in [0.15, 0.2) is 30.5 Å². The number of methoxy groups -OCH3 is 1. The summed E-state index contributed by atoms with van der Waals surface area (Å²) in [6, 6.07) is 8.24. The lowest BCUT2D eigenvalue weighted by Gasteiger charge is -2.31. The minimum atomic E-state index is -0.336. The summed E-state index contributed by atoms with van der Waals surface area (Å²) in [5.74, 6) is 0.655. The molecule has 154 valence electrons. The monoisotopic (exact) mass is 398 g/mol. The number of amides is 1. The molecule has 0 bridgehead atoms. The van der Waals surface area contributed by atoms with Crippen molar-refractivity contribution in [3.63, 3.8) is 0 Å². The number of para-hydroxylation sites is 1. The first-order chi connectivity index (χ1) is 14.2. The van der Waals surface area contributed by atoms with Crippen molar-refractivity contribution in [2.75, 3.05) is 33.4 Å². The second-order valence-electron chi connectivity index (χ2n) is 7.15. The van der Waals surface area contributed by atoms with E-state index in [1.807, 2.05) is 23.2 Å². The lowest BCUT2D eigenvalue weighted by atomic mass is 10.1. The van der Waals surface area contributed by atoms with E-state index in [1.165, 1.54) is 15.7 Å². The number of nitrogens with zero attached hydrogens (tertiary/aromatic N) is 5. The van der Waals surface area contributed by atoms with Gasteiger partial charge in [-0.05, 0) is 29.7 Å². The predicted molar refractivity (Wildman–Crippen MR) is 106 cm³/mol. The van der Waals surface area contributed by atoms with Gasteiger partial charge in [-0.1, -0.05) is 18.2 Å². The summed E-state index contributed by atoms with van der Waals surface area (Å²) in [4.78, 5) is 19.3. The van der Waals surface area contributed by atoms with Gasteiger partial charge in [0.2, 0.25) is 11.7 Å². The number of H-pyrrole nitrogens is 1. The molecule has 1 saturated heterocycles. The van der Waals surface area contributed by atoms with E-state index in [0.717, 1.165) is 18.4 Å². The summed E-state index contributed by atoms with van der Waals surface area (Å²) in [7, 11) is 1.63. The molecular weight excluding hydrogens is 372 g/mol. The number of carbonyl (C=O) groups excluding carboxylic acids is 1. The van der Waals surface area contributed by atoms with E-state index in [9.17, 15) is 4.79 Å². The zero-order chi connectivity index (χ0) is 20.1. The number of tetrazole rings is 1. The van der Waals surface area contributed by atoms with Crippen molar-refractivity contribution in [3.8, 4) is 0 Å². The Kier molecular flexibility index (Phi) is 6.16. The van der Waals surface area contributed by atoms with Crippen LogP contribution < -0.4 is 0 Å². The molecule has 1 unspecified atom stereocenters. The third-order valence-corrected chi connectivity index (χ3v) is 5.18. The third kappa shape index (κ3) is 4.63. The fourth-order valence-electron chi connectivity index (χ4n) is 3.61. The SMILES string of the molecule is COCCn1nnc(C2CN(C(=O)CCCc3c[nH]c4ccccc34)CCO2)n1. The molecule has 1 atom stereocenters. The summed E-state index contributed by atoms with van der Waals surface area (Å²) < 4.78 is 10.8. The average Bonchev–Trinajstić information content (AvgIpc) is 3.40. The molecular formula is C20H26N6O3. The Hall–Kier alpha value is -2.78. The van der Waals surface area contributed by atoms with Gasteiger partial charge in [-0.15, -0.1) is 10.2 Å². The van der Waals surface area contributed by atoms with E-state index in [-0.39, 0.29) is 12.0 Å². The first-order valence-corrected chi connectivity index (χ1v) is 9.95. The molecule has 3 aromatic rings. The highest BCUT2D eigenvalue weighted by atomic mass is 16.5. The molecule has 2 aromatic heterocycles. The van der Waals surface area contributed by atoms with Crippen LogP contribution in [0.5, 0.6) is 0 Å². The number of morpholine rings is 1. The zero-order valence-corrected chi connectivity index (χ0v) is 16.6. The average molecular weight is 398 g/mol. The first kappa shape index (κ1) is 19.5. The van der Waals surface area contributed by atoms with Crippen molar-refractivity contribution in [1.82, 2.24) is 30.1 Å². The normalized spacial score (nSPS) is 17.1. The molecule has 0 radical (unpaired) electrons. The van der Waals surface area contributed by atoms with Crippen LogP contribution in [-0.4, -0.2) is 69.4 Å². The molecule has 9 nitrogen and oxygen atoms in total. The van der Waals surface area contributed by atoms with Crippen molar-refractivity contribution in [3.05, 3.63) is 41.9 Å². The maximum Gasteiger partial charge on any atom is 0.222 e. The number of ether oxygens (including phenoxy) is 2. The largest absolute Gasteiger partial charge is 0.383 e. The molecule has 0 saturated carbocycles. The lowest BCUT2D eigenvalue weighted by molar-refractivity contribution is -0.139. The van der Waals surface area contributed by atoms with Gasteiger partial charge >= 0.3 is 0 Å². The first-order valence-electron chi connectivity index (χ1n) is 9.95. The van der Waals surface area contributed by atoms with Gasteiger partial charge in [-0.25, -0.2) is 0 Å². The topological polar surface area (TPSA) is 98.2 Å². The Labute approximate surface area is 169 Å². The fourth-order valence-corrected chi connectivity index (χ4v) is 3.61. The van der Waals surface area contributed by atoms with Crippen LogP contribution in [0, 0.1) is 0 Å². The van der Waals surface area contributed by atoms with Gasteiger partial charge in [0.1, 0.15) is 6.10 Å². The number of rotatable bonds is 8. The van der Waals surface area contributed by atoms with E-state index < -0.39 is 0 Å². The standard InChI is InChI=1S/C20H26N6O3/c1-28-11-10-26-23-20(22-24-26)18-14-25(9-12-29-18)19(27)8-4-5-15-13-21-17-7-3-2-6-16(15)17/h2-3,6-7,13,18,21H,4-5,8-12,14H2,1H3. The molecule has 29 heavy (non-hydrogen) atoms. The number of aromatic nitrogens is 5. The number of nitrogens with one attached hydrogen (secondary N) is 1. The second kappa shape index (κ2) is 9.15. The smallest absolute Gasteiger partial charge is 0.222 e. The number of fused-ring (bicyclic) bond motifs is 1. The van der Waals surface area contributed by atoms with Crippen molar-refractivity contribution in [2.24, 2.45) is 0 Å². The summed E-state index contributed by atoms with van der Waals surface area (Å²) in [5, 5.41) is 13.7. The summed E-state index contributed by atoms with van der Waals surface area (Å²) in [6.07, 6.45) is 3.91. The zero-order valence-electron chi connectivity index (χ0n) is 16.6. The predicted octanol–water partition coefficient (Wildman–Crippen LogP) is 1.72. The molecule has 9 heteroatoms. The highest BCUT2D eigenvalue weighted by molar-refractivity contribution is 5.83. The lowest BCUT2D eigenvalue weighted by Crippen LogP contribution is -2.42. The summed E-state index contributed by atoms with van der Waals surface area (Å²) in [6.45, 7) is 2.59. The van der Waals surface area contributed by atoms with Gasteiger partial charge in [0.15, 0.2) is 0 Å². The van der Waals surface area contributed by atoms with Crippen molar-refractivity contribution >= 4 is 16.8 Å². The molecule has 1 aliphatic rings. The Morgan fingerprint density at radius 3 is 3.17 bits per heavy atom. The van der Waals surface area contributed by atoms with Crippen molar-refractivity contribution in [2.45, 2.75) is 31.9 Å². The number of carbonyl (C=O) groups is 1. The van der Waals surface area contributed by atoms with Gasteiger partial charge < -0.3 is 19.4 Å². The molecule has 1 aliphatic heterocycles. The minimum Gasteiger partial charge on any atom is -0.383 e. The van der Waals surface area contributed by atoms with Crippen LogP contribution in [0.1, 0.15) is 30.3 Å². The van der Waals surface area contributed by atoms with E-state index in [1.54, 1.807) is 7.11 Å². The number of hydrogen-bond acceptors (Lipinski definition) is 6. The van der Waals surface area contributed by atoms with Gasteiger partial charge in [0.25, 0.3) is 0 Å². The van der Waals surface area contributed by atoms with Gasteiger partial charge in [0, 0.05) is 37.2 Å². The Morgan fingerprint density at radius 1 is 1.38 bits per heavy atom. The fraction of sp³-hybridized carbons (Fsp3) is 0.500. The molecule has 0 spiro atoms. The van der Waals surface area contributed by atoms with Crippen LogP contribution in [-0.2, 0) is 27.2 Å². The molecule has 4 rings (SSSR count). The summed E-state index contributed by atoms with van der Waals surface area (Å²) >= 11 is 0. The van der Waals surface area contributed by atoms with Crippen molar-refractivity contribution in [1.29, 1.82) is 0 Å².